The van der Waals surface area contributed by atoms with Gasteiger partial charge in [-0.15, -0.1) is 0 Å². The molecule has 1 N–H and O–H groups in total. The van der Waals surface area contributed by atoms with Crippen molar-refractivity contribution in [3.8, 4) is 5.75 Å². The molecule has 0 radical (unpaired) electrons. The van der Waals surface area contributed by atoms with Gasteiger partial charge in [0.15, 0.2) is 0 Å². The quantitative estimate of drug-likeness (QED) is 0.854. The first-order valence-corrected chi connectivity index (χ1v) is 7.84. The van der Waals surface area contributed by atoms with Crippen molar-refractivity contribution in [3.63, 3.8) is 0 Å². The zero-order valence-corrected chi connectivity index (χ0v) is 13.2. The maximum atomic E-state index is 12.0. The van der Waals surface area contributed by atoms with E-state index in [4.69, 9.17) is 4.74 Å². The third kappa shape index (κ3) is 5.21. The third-order valence-corrected chi connectivity index (χ3v) is 3.63. The molecule has 0 aliphatic heterocycles. The first kappa shape index (κ1) is 15.5. The molecule has 0 aliphatic rings. The average Bonchev–Trinajstić information content (AvgIpc) is 2.93. The first-order valence-electron chi connectivity index (χ1n) is 6.89. The molecule has 0 saturated carbocycles. The fraction of sp³-hybridized carbons (Fsp3) is 0.312. The number of anilines is 1. The van der Waals surface area contributed by atoms with Crippen LogP contribution in [0.15, 0.2) is 41.1 Å². The van der Waals surface area contributed by atoms with E-state index in [9.17, 15) is 4.79 Å². The zero-order valence-electron chi connectivity index (χ0n) is 12.3. The van der Waals surface area contributed by atoms with E-state index in [-0.39, 0.29) is 5.91 Å². The summed E-state index contributed by atoms with van der Waals surface area (Å²) < 4.78 is 5.37. The number of carbonyl (C=O) groups is 1. The molecule has 0 spiro atoms. The summed E-state index contributed by atoms with van der Waals surface area (Å²) in [5.74, 6) is 0.793. The topological polar surface area (TPSA) is 41.6 Å². The van der Waals surface area contributed by atoms with Crippen LogP contribution in [0.25, 0.3) is 0 Å². The SMILES string of the molecule is CCOc1ccc(NC(=O)CN(C)Cc2ccsc2)cc1. The maximum absolute atomic E-state index is 12.0. The van der Waals surface area contributed by atoms with E-state index in [1.165, 1.54) is 5.56 Å². The molecule has 1 heterocycles. The summed E-state index contributed by atoms with van der Waals surface area (Å²) in [5.41, 5.74) is 2.02. The van der Waals surface area contributed by atoms with Gasteiger partial charge in [0.05, 0.1) is 13.2 Å². The van der Waals surface area contributed by atoms with Crippen molar-refractivity contribution >= 4 is 22.9 Å². The normalized spacial score (nSPS) is 10.6. The fourth-order valence-corrected chi connectivity index (χ4v) is 2.66. The number of ether oxygens (including phenoxy) is 1. The van der Waals surface area contributed by atoms with Crippen molar-refractivity contribution in [2.24, 2.45) is 0 Å². The molecule has 4 nitrogen and oxygen atoms in total. The van der Waals surface area contributed by atoms with Gasteiger partial charge in [0.2, 0.25) is 5.91 Å². The molecule has 1 aromatic carbocycles. The lowest BCUT2D eigenvalue weighted by molar-refractivity contribution is -0.117. The average molecular weight is 304 g/mol. The second-order valence-electron chi connectivity index (χ2n) is 4.81. The summed E-state index contributed by atoms with van der Waals surface area (Å²) in [6.45, 7) is 3.72. The largest absolute Gasteiger partial charge is 0.494 e. The summed E-state index contributed by atoms with van der Waals surface area (Å²) in [4.78, 5) is 14.0. The van der Waals surface area contributed by atoms with Gasteiger partial charge in [-0.2, -0.15) is 11.3 Å². The van der Waals surface area contributed by atoms with Gasteiger partial charge < -0.3 is 10.1 Å². The van der Waals surface area contributed by atoms with Gasteiger partial charge in [-0.05, 0) is 60.6 Å². The molecule has 0 atom stereocenters. The van der Waals surface area contributed by atoms with Gasteiger partial charge >= 0.3 is 0 Å². The Morgan fingerprint density at radius 3 is 2.67 bits per heavy atom. The molecular formula is C16H20N2O2S. The molecule has 0 bridgehead atoms. The molecule has 1 aromatic heterocycles. The highest BCUT2D eigenvalue weighted by Crippen LogP contribution is 2.15. The van der Waals surface area contributed by atoms with Crippen LogP contribution in [0, 0.1) is 0 Å². The Morgan fingerprint density at radius 1 is 1.29 bits per heavy atom. The molecule has 5 heteroatoms. The highest BCUT2D eigenvalue weighted by atomic mass is 32.1. The van der Waals surface area contributed by atoms with Crippen LogP contribution in [-0.2, 0) is 11.3 Å². The number of amides is 1. The molecule has 0 fully saturated rings. The lowest BCUT2D eigenvalue weighted by Gasteiger charge is -2.15. The Balaban J connectivity index is 1.80. The van der Waals surface area contributed by atoms with Gasteiger partial charge in [-0.25, -0.2) is 0 Å². The molecule has 112 valence electrons. The number of hydrogen-bond donors (Lipinski definition) is 1. The number of likely N-dealkylation sites (N-methyl/N-ethyl adjacent to an activating group) is 1. The first-order chi connectivity index (χ1) is 10.2. The van der Waals surface area contributed by atoms with Crippen molar-refractivity contribution in [3.05, 3.63) is 46.7 Å². The zero-order chi connectivity index (χ0) is 15.1. The monoisotopic (exact) mass is 304 g/mol. The molecule has 21 heavy (non-hydrogen) atoms. The number of benzene rings is 1. The second-order valence-corrected chi connectivity index (χ2v) is 5.59. The van der Waals surface area contributed by atoms with Crippen LogP contribution >= 0.6 is 11.3 Å². The number of nitrogens with one attached hydrogen (secondary N) is 1. The highest BCUT2D eigenvalue weighted by Gasteiger charge is 2.08. The fourth-order valence-electron chi connectivity index (χ4n) is 2.00. The Hall–Kier alpha value is -1.85. The van der Waals surface area contributed by atoms with E-state index in [0.29, 0.717) is 13.2 Å². The Bertz CT molecular complexity index is 552. The van der Waals surface area contributed by atoms with E-state index < -0.39 is 0 Å². The molecule has 2 aromatic rings. The molecule has 0 saturated heterocycles. The number of carbonyl (C=O) groups excluding carboxylic acids is 1. The minimum absolute atomic E-state index is 0.0168. The molecule has 1 amide bonds. The Labute approximate surface area is 129 Å². The van der Waals surface area contributed by atoms with Crippen LogP contribution in [0.2, 0.25) is 0 Å². The Morgan fingerprint density at radius 2 is 2.05 bits per heavy atom. The summed E-state index contributed by atoms with van der Waals surface area (Å²) in [7, 11) is 1.94. The smallest absolute Gasteiger partial charge is 0.238 e. The predicted molar refractivity (Wildman–Crippen MR) is 86.9 cm³/mol. The summed E-state index contributed by atoms with van der Waals surface area (Å²) in [6.07, 6.45) is 0. The number of rotatable bonds is 7. The lowest BCUT2D eigenvalue weighted by atomic mass is 10.3. The van der Waals surface area contributed by atoms with E-state index in [2.05, 4.69) is 16.8 Å². The van der Waals surface area contributed by atoms with E-state index in [0.717, 1.165) is 18.0 Å². The van der Waals surface area contributed by atoms with Crippen LogP contribution < -0.4 is 10.1 Å². The Kier molecular flexibility index (Phi) is 5.78. The van der Waals surface area contributed by atoms with Gasteiger partial charge in [-0.3, -0.25) is 9.69 Å². The summed E-state index contributed by atoms with van der Waals surface area (Å²) >= 11 is 1.67. The maximum Gasteiger partial charge on any atom is 0.238 e. The predicted octanol–water partition coefficient (Wildman–Crippen LogP) is 3.22. The number of hydrogen-bond acceptors (Lipinski definition) is 4. The van der Waals surface area contributed by atoms with Crippen LogP contribution in [0.4, 0.5) is 5.69 Å². The van der Waals surface area contributed by atoms with Crippen LogP contribution in [0.3, 0.4) is 0 Å². The minimum Gasteiger partial charge on any atom is -0.494 e. The molecule has 0 aliphatic carbocycles. The molecular weight excluding hydrogens is 284 g/mol. The van der Waals surface area contributed by atoms with Gasteiger partial charge in [-0.1, -0.05) is 0 Å². The van der Waals surface area contributed by atoms with E-state index in [1.54, 1.807) is 11.3 Å². The minimum atomic E-state index is -0.0168. The van der Waals surface area contributed by atoms with Crippen LogP contribution in [0.1, 0.15) is 12.5 Å². The third-order valence-electron chi connectivity index (χ3n) is 2.90. The number of nitrogens with zero attached hydrogens (tertiary/aromatic N) is 1. The summed E-state index contributed by atoms with van der Waals surface area (Å²) in [5, 5.41) is 7.03. The van der Waals surface area contributed by atoms with Crippen molar-refractivity contribution in [2.45, 2.75) is 13.5 Å². The molecule has 2 rings (SSSR count). The van der Waals surface area contributed by atoms with Gasteiger partial charge in [0, 0.05) is 12.2 Å². The van der Waals surface area contributed by atoms with Crippen LogP contribution in [-0.4, -0.2) is 31.0 Å². The highest BCUT2D eigenvalue weighted by molar-refractivity contribution is 7.07. The van der Waals surface area contributed by atoms with E-state index >= 15 is 0 Å². The van der Waals surface area contributed by atoms with E-state index in [1.807, 2.05) is 48.5 Å². The van der Waals surface area contributed by atoms with Crippen molar-refractivity contribution in [1.82, 2.24) is 4.90 Å². The number of thiophene rings is 1. The molecule has 0 unspecified atom stereocenters. The second kappa shape index (κ2) is 7.81. The van der Waals surface area contributed by atoms with Crippen molar-refractivity contribution < 1.29 is 9.53 Å². The van der Waals surface area contributed by atoms with Gasteiger partial charge in [0.1, 0.15) is 5.75 Å². The standard InChI is InChI=1S/C16H20N2O2S/c1-3-20-15-6-4-14(5-7-15)17-16(19)11-18(2)10-13-8-9-21-12-13/h4-9,12H,3,10-11H2,1-2H3,(H,17,19). The van der Waals surface area contributed by atoms with Gasteiger partial charge in [0.25, 0.3) is 0 Å². The van der Waals surface area contributed by atoms with Crippen LogP contribution in [0.5, 0.6) is 5.75 Å². The lowest BCUT2D eigenvalue weighted by Crippen LogP contribution is -2.29. The van der Waals surface area contributed by atoms with Crippen molar-refractivity contribution in [2.75, 3.05) is 25.5 Å². The van der Waals surface area contributed by atoms with Crippen molar-refractivity contribution in [1.29, 1.82) is 0 Å². The summed E-state index contributed by atoms with van der Waals surface area (Å²) in [6, 6.07) is 9.48.